The molecule has 4 nitrogen and oxygen atoms in total. The quantitative estimate of drug-likeness (QED) is 0.896. The maximum Gasteiger partial charge on any atom is 0.212 e. The molecule has 0 bridgehead atoms. The number of rotatable bonds is 5. The van der Waals surface area contributed by atoms with Crippen LogP contribution in [0.5, 0.6) is 11.6 Å². The predicted octanol–water partition coefficient (Wildman–Crippen LogP) is 2.57. The highest BCUT2D eigenvalue weighted by molar-refractivity contribution is 5.35. The number of nitrogens with zero attached hydrogens (tertiary/aromatic N) is 1. The minimum Gasteiger partial charge on any atom is -0.494 e. The van der Waals surface area contributed by atoms with Crippen LogP contribution in [0.4, 0.5) is 0 Å². The average Bonchev–Trinajstić information content (AvgIpc) is 2.47. The van der Waals surface area contributed by atoms with Crippen LogP contribution in [-0.2, 0) is 0 Å². The maximum absolute atomic E-state index is 10.3. The maximum atomic E-state index is 10.3. The summed E-state index contributed by atoms with van der Waals surface area (Å²) < 4.78 is 10.4. The van der Waals surface area contributed by atoms with Crippen LogP contribution in [0.15, 0.2) is 42.6 Å². The van der Waals surface area contributed by atoms with Gasteiger partial charge in [0.25, 0.3) is 0 Å². The third-order valence-corrected chi connectivity index (χ3v) is 2.77. The van der Waals surface area contributed by atoms with Crippen molar-refractivity contribution < 1.29 is 14.6 Å². The summed E-state index contributed by atoms with van der Waals surface area (Å²) in [4.78, 5) is 4.09. The van der Waals surface area contributed by atoms with Crippen molar-refractivity contribution in [3.8, 4) is 11.6 Å². The summed E-state index contributed by atoms with van der Waals surface area (Å²) in [6, 6.07) is 10.9. The fraction of sp³-hybridized carbons (Fsp3) is 0.267. The van der Waals surface area contributed by atoms with Crippen LogP contribution in [0, 0.1) is 0 Å². The van der Waals surface area contributed by atoms with Crippen molar-refractivity contribution in [2.24, 2.45) is 0 Å². The number of aromatic nitrogens is 1. The second-order valence-corrected chi connectivity index (χ2v) is 4.04. The number of hydrogen-bond acceptors (Lipinski definition) is 4. The van der Waals surface area contributed by atoms with Gasteiger partial charge in [0.2, 0.25) is 5.88 Å². The molecule has 2 rings (SSSR count). The minimum absolute atomic E-state index is 0.527. The first kappa shape index (κ1) is 13.4. The van der Waals surface area contributed by atoms with E-state index < -0.39 is 6.10 Å². The Morgan fingerprint density at radius 2 is 2.05 bits per heavy atom. The zero-order valence-electron chi connectivity index (χ0n) is 11.0. The molecule has 0 saturated heterocycles. The Morgan fingerprint density at radius 1 is 1.21 bits per heavy atom. The van der Waals surface area contributed by atoms with E-state index in [1.807, 2.05) is 31.2 Å². The van der Waals surface area contributed by atoms with Gasteiger partial charge in [-0.1, -0.05) is 12.1 Å². The Balaban J connectivity index is 2.22. The Hall–Kier alpha value is -2.07. The topological polar surface area (TPSA) is 51.6 Å². The van der Waals surface area contributed by atoms with Crippen LogP contribution < -0.4 is 9.47 Å². The van der Waals surface area contributed by atoms with E-state index in [0.29, 0.717) is 12.5 Å². The van der Waals surface area contributed by atoms with Gasteiger partial charge in [-0.3, -0.25) is 0 Å². The summed E-state index contributed by atoms with van der Waals surface area (Å²) in [6.07, 6.45) is 0.885. The smallest absolute Gasteiger partial charge is 0.212 e. The lowest BCUT2D eigenvalue weighted by Crippen LogP contribution is -2.01. The number of hydrogen-bond donors (Lipinski definition) is 1. The molecule has 1 heterocycles. The van der Waals surface area contributed by atoms with Crippen molar-refractivity contribution in [1.82, 2.24) is 4.98 Å². The minimum atomic E-state index is -0.723. The van der Waals surface area contributed by atoms with Gasteiger partial charge in [-0.15, -0.1) is 0 Å². The summed E-state index contributed by atoms with van der Waals surface area (Å²) in [5.41, 5.74) is 1.49. The van der Waals surface area contributed by atoms with Crippen LogP contribution in [0.25, 0.3) is 0 Å². The Labute approximate surface area is 112 Å². The molecular formula is C15H17NO3. The first-order valence-corrected chi connectivity index (χ1v) is 6.15. The second-order valence-electron chi connectivity index (χ2n) is 4.04. The van der Waals surface area contributed by atoms with E-state index in [1.165, 1.54) is 0 Å². The number of aliphatic hydroxyl groups is 1. The molecule has 0 amide bonds. The largest absolute Gasteiger partial charge is 0.494 e. The van der Waals surface area contributed by atoms with Gasteiger partial charge < -0.3 is 14.6 Å². The van der Waals surface area contributed by atoms with Crippen molar-refractivity contribution >= 4 is 0 Å². The predicted molar refractivity (Wildman–Crippen MR) is 72.5 cm³/mol. The van der Waals surface area contributed by atoms with E-state index in [-0.39, 0.29) is 0 Å². The lowest BCUT2D eigenvalue weighted by atomic mass is 10.0. The Kier molecular flexibility index (Phi) is 4.36. The molecule has 0 fully saturated rings. The van der Waals surface area contributed by atoms with Crippen molar-refractivity contribution in [3.05, 3.63) is 53.7 Å². The number of aliphatic hydroxyl groups excluding tert-OH is 1. The Bertz CT molecular complexity index is 525. The van der Waals surface area contributed by atoms with Crippen LogP contribution in [-0.4, -0.2) is 23.8 Å². The number of ether oxygens (including phenoxy) is 2. The molecule has 1 atom stereocenters. The van der Waals surface area contributed by atoms with Gasteiger partial charge in [-0.05, 0) is 30.7 Å². The van der Waals surface area contributed by atoms with Crippen molar-refractivity contribution in [2.75, 3.05) is 13.7 Å². The molecule has 1 aromatic carbocycles. The van der Waals surface area contributed by atoms with E-state index >= 15 is 0 Å². The molecule has 0 spiro atoms. The SMILES string of the molecule is CCOc1cccc(C(O)c2ccc(OC)nc2)c1. The molecule has 0 radical (unpaired) electrons. The van der Waals surface area contributed by atoms with E-state index in [9.17, 15) is 5.11 Å². The van der Waals surface area contributed by atoms with Crippen LogP contribution >= 0.6 is 0 Å². The van der Waals surface area contributed by atoms with Gasteiger partial charge in [-0.25, -0.2) is 4.98 Å². The van der Waals surface area contributed by atoms with Crippen LogP contribution in [0.2, 0.25) is 0 Å². The first-order chi connectivity index (χ1) is 9.24. The molecule has 4 heteroatoms. The molecule has 0 aliphatic heterocycles. The number of benzene rings is 1. The van der Waals surface area contributed by atoms with Gasteiger partial charge in [0.05, 0.1) is 13.7 Å². The second kappa shape index (κ2) is 6.20. The molecule has 0 saturated carbocycles. The lowest BCUT2D eigenvalue weighted by molar-refractivity contribution is 0.218. The van der Waals surface area contributed by atoms with Crippen molar-refractivity contribution in [3.63, 3.8) is 0 Å². The van der Waals surface area contributed by atoms with Gasteiger partial charge in [0.15, 0.2) is 0 Å². The summed E-state index contributed by atoms with van der Waals surface area (Å²) in [6.45, 7) is 2.53. The Morgan fingerprint density at radius 3 is 2.68 bits per heavy atom. The molecule has 1 aromatic heterocycles. The standard InChI is InChI=1S/C15H17NO3/c1-3-19-13-6-4-5-11(9-13)15(17)12-7-8-14(18-2)16-10-12/h4-10,15,17H,3H2,1-2H3. The van der Waals surface area contributed by atoms with Crippen molar-refractivity contribution in [2.45, 2.75) is 13.0 Å². The highest BCUT2D eigenvalue weighted by Crippen LogP contribution is 2.25. The van der Waals surface area contributed by atoms with Gasteiger partial charge >= 0.3 is 0 Å². The molecule has 2 aromatic rings. The highest BCUT2D eigenvalue weighted by Gasteiger charge is 2.11. The lowest BCUT2D eigenvalue weighted by Gasteiger charge is -2.13. The fourth-order valence-electron chi connectivity index (χ4n) is 1.81. The fourth-order valence-corrected chi connectivity index (χ4v) is 1.81. The number of pyridine rings is 1. The molecule has 100 valence electrons. The van der Waals surface area contributed by atoms with Gasteiger partial charge in [0.1, 0.15) is 11.9 Å². The van der Waals surface area contributed by atoms with E-state index in [2.05, 4.69) is 4.98 Å². The van der Waals surface area contributed by atoms with Crippen molar-refractivity contribution in [1.29, 1.82) is 0 Å². The monoisotopic (exact) mass is 259 g/mol. The zero-order chi connectivity index (χ0) is 13.7. The van der Waals surface area contributed by atoms with E-state index in [1.54, 1.807) is 25.4 Å². The van der Waals surface area contributed by atoms with Gasteiger partial charge in [0, 0.05) is 17.8 Å². The molecular weight excluding hydrogens is 242 g/mol. The third kappa shape index (κ3) is 3.23. The van der Waals surface area contributed by atoms with Crippen LogP contribution in [0.1, 0.15) is 24.2 Å². The van der Waals surface area contributed by atoms with E-state index in [4.69, 9.17) is 9.47 Å². The highest BCUT2D eigenvalue weighted by atomic mass is 16.5. The summed E-state index contributed by atoms with van der Waals surface area (Å²) in [5.74, 6) is 1.28. The molecule has 0 aliphatic rings. The third-order valence-electron chi connectivity index (χ3n) is 2.77. The molecule has 0 aliphatic carbocycles. The average molecular weight is 259 g/mol. The normalized spacial score (nSPS) is 11.9. The summed E-state index contributed by atoms with van der Waals surface area (Å²) in [5, 5.41) is 10.3. The summed E-state index contributed by atoms with van der Waals surface area (Å²) >= 11 is 0. The number of methoxy groups -OCH3 is 1. The first-order valence-electron chi connectivity index (χ1n) is 6.15. The van der Waals surface area contributed by atoms with E-state index in [0.717, 1.165) is 16.9 Å². The summed E-state index contributed by atoms with van der Waals surface area (Å²) in [7, 11) is 1.56. The molecule has 1 N–H and O–H groups in total. The molecule has 19 heavy (non-hydrogen) atoms. The van der Waals surface area contributed by atoms with Gasteiger partial charge in [-0.2, -0.15) is 0 Å². The van der Waals surface area contributed by atoms with Crippen LogP contribution in [0.3, 0.4) is 0 Å². The zero-order valence-corrected chi connectivity index (χ0v) is 11.0. The molecule has 1 unspecified atom stereocenters.